The Kier molecular flexibility index (Phi) is 4.04. The van der Waals surface area contributed by atoms with Gasteiger partial charge in [-0.2, -0.15) is 5.10 Å². The predicted octanol–water partition coefficient (Wildman–Crippen LogP) is 2.89. The van der Waals surface area contributed by atoms with Crippen LogP contribution in [0.3, 0.4) is 0 Å². The standard InChI is InChI=1S/C11H13ClN4S/c1-7(13-2)8-3-4-10(9(12)5-8)17-11-14-6-15-16-11/h3-7,13H,1-2H3,(H,14,15,16). The third-order valence-electron chi connectivity index (χ3n) is 2.49. The number of benzene rings is 1. The maximum Gasteiger partial charge on any atom is 0.188 e. The van der Waals surface area contributed by atoms with Crippen LogP contribution in [-0.2, 0) is 0 Å². The van der Waals surface area contributed by atoms with Gasteiger partial charge in [0.25, 0.3) is 0 Å². The number of aromatic amines is 1. The molecule has 0 saturated heterocycles. The van der Waals surface area contributed by atoms with Gasteiger partial charge >= 0.3 is 0 Å². The highest BCUT2D eigenvalue weighted by molar-refractivity contribution is 7.99. The summed E-state index contributed by atoms with van der Waals surface area (Å²) in [7, 11) is 1.93. The molecule has 1 atom stereocenters. The smallest absolute Gasteiger partial charge is 0.188 e. The fraction of sp³-hybridized carbons (Fsp3) is 0.273. The first-order valence-corrected chi connectivity index (χ1v) is 6.40. The molecule has 1 aromatic heterocycles. The first-order chi connectivity index (χ1) is 8.20. The third-order valence-corrected chi connectivity index (χ3v) is 3.88. The van der Waals surface area contributed by atoms with Gasteiger partial charge in [0.1, 0.15) is 6.33 Å². The van der Waals surface area contributed by atoms with Crippen LogP contribution >= 0.6 is 23.4 Å². The summed E-state index contributed by atoms with van der Waals surface area (Å²) < 4.78 is 0. The molecule has 0 aliphatic rings. The van der Waals surface area contributed by atoms with E-state index in [0.717, 1.165) is 15.1 Å². The molecule has 1 unspecified atom stereocenters. The van der Waals surface area contributed by atoms with Gasteiger partial charge in [0.05, 0.1) is 5.02 Å². The lowest BCUT2D eigenvalue weighted by Crippen LogP contribution is -2.12. The first kappa shape index (κ1) is 12.4. The van der Waals surface area contributed by atoms with Crippen molar-refractivity contribution in [3.8, 4) is 0 Å². The second-order valence-electron chi connectivity index (χ2n) is 3.59. The molecule has 0 aliphatic heterocycles. The van der Waals surface area contributed by atoms with Gasteiger partial charge in [0.15, 0.2) is 5.16 Å². The zero-order valence-electron chi connectivity index (χ0n) is 9.57. The number of hydrogen-bond donors (Lipinski definition) is 2. The molecule has 0 spiro atoms. The third kappa shape index (κ3) is 3.00. The van der Waals surface area contributed by atoms with Crippen molar-refractivity contribution in [2.24, 2.45) is 0 Å². The predicted molar refractivity (Wildman–Crippen MR) is 69.4 cm³/mol. The van der Waals surface area contributed by atoms with Crippen LogP contribution in [0.4, 0.5) is 0 Å². The molecule has 90 valence electrons. The average Bonchev–Trinajstić information content (AvgIpc) is 2.83. The molecule has 0 saturated carbocycles. The fourth-order valence-corrected chi connectivity index (χ4v) is 2.39. The lowest BCUT2D eigenvalue weighted by molar-refractivity contribution is 0.652. The van der Waals surface area contributed by atoms with Crippen LogP contribution in [0.25, 0.3) is 0 Å². The summed E-state index contributed by atoms with van der Waals surface area (Å²) in [5, 5.41) is 11.2. The van der Waals surface area contributed by atoms with E-state index in [1.54, 1.807) is 0 Å². The van der Waals surface area contributed by atoms with Gasteiger partial charge in [-0.15, -0.1) is 0 Å². The monoisotopic (exact) mass is 268 g/mol. The van der Waals surface area contributed by atoms with Crippen LogP contribution in [-0.4, -0.2) is 22.2 Å². The Labute approximate surface area is 109 Å². The van der Waals surface area contributed by atoms with Crippen LogP contribution in [0.1, 0.15) is 18.5 Å². The lowest BCUT2D eigenvalue weighted by atomic mass is 10.1. The van der Waals surface area contributed by atoms with Gasteiger partial charge in [-0.1, -0.05) is 17.7 Å². The van der Waals surface area contributed by atoms with Crippen LogP contribution in [0.15, 0.2) is 34.6 Å². The zero-order chi connectivity index (χ0) is 12.3. The summed E-state index contributed by atoms with van der Waals surface area (Å²) in [5.74, 6) is 0. The summed E-state index contributed by atoms with van der Waals surface area (Å²) in [4.78, 5) is 5.02. The van der Waals surface area contributed by atoms with Gasteiger partial charge in [-0.25, -0.2) is 4.98 Å². The Bertz CT molecular complexity index is 486. The highest BCUT2D eigenvalue weighted by atomic mass is 35.5. The second kappa shape index (κ2) is 5.53. The minimum atomic E-state index is 0.289. The molecular formula is C11H13ClN4S. The van der Waals surface area contributed by atoms with E-state index in [1.165, 1.54) is 23.7 Å². The quantitative estimate of drug-likeness (QED) is 0.895. The van der Waals surface area contributed by atoms with Gasteiger partial charge in [0, 0.05) is 10.9 Å². The summed E-state index contributed by atoms with van der Waals surface area (Å²) in [6, 6.07) is 6.32. The molecule has 0 bridgehead atoms. The Hall–Kier alpha value is -1.04. The van der Waals surface area contributed by atoms with Gasteiger partial charge in [-0.3, -0.25) is 5.10 Å². The molecule has 1 heterocycles. The minimum absolute atomic E-state index is 0.289. The molecule has 0 radical (unpaired) electrons. The molecule has 2 N–H and O–H groups in total. The summed E-state index contributed by atoms with van der Waals surface area (Å²) in [6.45, 7) is 2.09. The van der Waals surface area contributed by atoms with E-state index in [1.807, 2.05) is 19.2 Å². The van der Waals surface area contributed by atoms with E-state index in [4.69, 9.17) is 11.6 Å². The molecule has 0 aliphatic carbocycles. The molecular weight excluding hydrogens is 256 g/mol. The van der Waals surface area contributed by atoms with Crippen molar-refractivity contribution >= 4 is 23.4 Å². The molecule has 1 aromatic carbocycles. The Balaban J connectivity index is 2.20. The molecule has 2 aromatic rings. The molecule has 4 nitrogen and oxygen atoms in total. The van der Waals surface area contributed by atoms with E-state index in [2.05, 4.69) is 33.5 Å². The summed E-state index contributed by atoms with van der Waals surface area (Å²) >= 11 is 7.70. The van der Waals surface area contributed by atoms with Crippen molar-refractivity contribution < 1.29 is 0 Å². The SMILES string of the molecule is CNC(C)c1ccc(Sc2ncn[nH]2)c(Cl)c1. The van der Waals surface area contributed by atoms with E-state index in [-0.39, 0.29) is 6.04 Å². The van der Waals surface area contributed by atoms with E-state index < -0.39 is 0 Å². The van der Waals surface area contributed by atoms with Gasteiger partial charge in [-0.05, 0) is 43.4 Å². The summed E-state index contributed by atoms with van der Waals surface area (Å²) in [6.07, 6.45) is 1.48. The molecule has 6 heteroatoms. The van der Waals surface area contributed by atoms with Crippen LogP contribution < -0.4 is 5.32 Å². The van der Waals surface area contributed by atoms with Crippen molar-refractivity contribution in [1.29, 1.82) is 0 Å². The minimum Gasteiger partial charge on any atom is -0.313 e. The highest BCUT2D eigenvalue weighted by Gasteiger charge is 2.08. The van der Waals surface area contributed by atoms with Crippen LogP contribution in [0.2, 0.25) is 5.02 Å². The molecule has 0 amide bonds. The zero-order valence-corrected chi connectivity index (χ0v) is 11.1. The number of nitrogens with zero attached hydrogens (tertiary/aromatic N) is 2. The van der Waals surface area contributed by atoms with Crippen molar-refractivity contribution in [3.05, 3.63) is 35.1 Å². The molecule has 17 heavy (non-hydrogen) atoms. The van der Waals surface area contributed by atoms with Gasteiger partial charge < -0.3 is 5.32 Å². The normalized spacial score (nSPS) is 12.6. The number of aromatic nitrogens is 3. The van der Waals surface area contributed by atoms with Gasteiger partial charge in [0.2, 0.25) is 0 Å². The number of rotatable bonds is 4. The van der Waals surface area contributed by atoms with E-state index in [0.29, 0.717) is 0 Å². The van der Waals surface area contributed by atoms with Crippen molar-refractivity contribution in [3.63, 3.8) is 0 Å². The topological polar surface area (TPSA) is 53.6 Å². The van der Waals surface area contributed by atoms with Crippen molar-refractivity contribution in [1.82, 2.24) is 20.5 Å². The Morgan fingerprint density at radius 1 is 1.47 bits per heavy atom. The number of hydrogen-bond acceptors (Lipinski definition) is 4. The first-order valence-electron chi connectivity index (χ1n) is 5.20. The average molecular weight is 269 g/mol. The Morgan fingerprint density at radius 2 is 2.29 bits per heavy atom. The summed E-state index contributed by atoms with van der Waals surface area (Å²) in [5.41, 5.74) is 1.17. The second-order valence-corrected chi connectivity index (χ2v) is 5.03. The van der Waals surface area contributed by atoms with E-state index >= 15 is 0 Å². The van der Waals surface area contributed by atoms with Crippen molar-refractivity contribution in [2.45, 2.75) is 23.0 Å². The van der Waals surface area contributed by atoms with E-state index in [9.17, 15) is 0 Å². The maximum absolute atomic E-state index is 6.24. The fourth-order valence-electron chi connectivity index (χ4n) is 1.38. The van der Waals surface area contributed by atoms with Crippen molar-refractivity contribution in [2.75, 3.05) is 7.05 Å². The lowest BCUT2D eigenvalue weighted by Gasteiger charge is -2.12. The largest absolute Gasteiger partial charge is 0.313 e. The highest BCUT2D eigenvalue weighted by Crippen LogP contribution is 2.32. The molecule has 0 fully saturated rings. The number of nitrogens with one attached hydrogen (secondary N) is 2. The number of halogens is 1. The maximum atomic E-state index is 6.24. The Morgan fingerprint density at radius 3 is 2.88 bits per heavy atom. The van der Waals surface area contributed by atoms with Crippen LogP contribution in [0.5, 0.6) is 0 Å². The molecule has 2 rings (SSSR count). The van der Waals surface area contributed by atoms with Crippen LogP contribution in [0, 0.1) is 0 Å². The number of H-pyrrole nitrogens is 1.